The Morgan fingerprint density at radius 2 is 1.93 bits per heavy atom. The van der Waals surface area contributed by atoms with Gasteiger partial charge in [-0.2, -0.15) is 0 Å². The molecule has 2 nitrogen and oxygen atoms in total. The Bertz CT molecular complexity index is 379. The summed E-state index contributed by atoms with van der Waals surface area (Å²) in [6, 6.07) is 7.46. The van der Waals surface area contributed by atoms with Crippen LogP contribution < -0.4 is 5.73 Å². The van der Waals surface area contributed by atoms with Crippen LogP contribution in [-0.2, 0) is 4.79 Å². The van der Waals surface area contributed by atoms with E-state index in [1.54, 1.807) is 12.2 Å². The number of nitrogens with two attached hydrogens (primary N) is 1. The third-order valence-corrected chi connectivity index (χ3v) is 2.01. The van der Waals surface area contributed by atoms with E-state index >= 15 is 0 Å². The lowest BCUT2D eigenvalue weighted by Crippen LogP contribution is -1.90. The fourth-order valence-corrected chi connectivity index (χ4v) is 1.07. The fraction of sp³-hybridized carbons (Fsp3) is 0.0833. The van der Waals surface area contributed by atoms with Gasteiger partial charge in [-0.25, -0.2) is 0 Å². The van der Waals surface area contributed by atoms with Gasteiger partial charge < -0.3 is 5.73 Å². The first-order valence-corrected chi connectivity index (χ1v) is 5.05. The highest BCUT2D eigenvalue weighted by molar-refractivity contribution is 6.29. The topological polar surface area (TPSA) is 43.1 Å². The molecular weight excluding hydrogens is 210 g/mol. The predicted molar refractivity (Wildman–Crippen MR) is 64.8 cm³/mol. The van der Waals surface area contributed by atoms with E-state index in [2.05, 4.69) is 0 Å². The van der Waals surface area contributed by atoms with Gasteiger partial charge in [-0.15, -0.1) is 11.6 Å². The van der Waals surface area contributed by atoms with Crippen molar-refractivity contribution in [3.8, 4) is 0 Å². The minimum Gasteiger partial charge on any atom is -0.399 e. The van der Waals surface area contributed by atoms with Gasteiger partial charge >= 0.3 is 0 Å². The number of carbonyl (C=O) groups is 1. The first-order chi connectivity index (χ1) is 7.22. The Morgan fingerprint density at radius 3 is 2.53 bits per heavy atom. The van der Waals surface area contributed by atoms with Crippen molar-refractivity contribution in [3.63, 3.8) is 0 Å². The number of rotatable bonds is 4. The molecule has 0 atom stereocenters. The number of nitrogen functional groups attached to an aromatic ring is 1. The van der Waals surface area contributed by atoms with Crippen molar-refractivity contribution in [2.24, 2.45) is 0 Å². The Hall–Kier alpha value is -1.54. The van der Waals surface area contributed by atoms with Crippen LogP contribution in [0.5, 0.6) is 0 Å². The van der Waals surface area contributed by atoms with Crippen molar-refractivity contribution in [2.75, 3.05) is 11.6 Å². The zero-order chi connectivity index (χ0) is 11.1. The molecule has 0 spiro atoms. The molecule has 0 aliphatic carbocycles. The minimum atomic E-state index is -0.0985. The Kier molecular flexibility index (Phi) is 4.64. The van der Waals surface area contributed by atoms with Crippen LogP contribution in [0.25, 0.3) is 6.08 Å². The highest BCUT2D eigenvalue weighted by atomic mass is 35.5. The summed E-state index contributed by atoms with van der Waals surface area (Å²) in [5, 5.41) is 0. The summed E-state index contributed by atoms with van der Waals surface area (Å²) in [5.41, 5.74) is 7.31. The summed E-state index contributed by atoms with van der Waals surface area (Å²) >= 11 is 5.33. The van der Waals surface area contributed by atoms with Gasteiger partial charge in [-0.05, 0) is 23.8 Å². The fourth-order valence-electron chi connectivity index (χ4n) is 0.981. The lowest BCUT2D eigenvalue weighted by atomic mass is 10.2. The van der Waals surface area contributed by atoms with E-state index in [4.69, 9.17) is 17.3 Å². The molecule has 0 unspecified atom stereocenters. The molecule has 0 bridgehead atoms. The molecule has 1 aromatic rings. The first-order valence-electron chi connectivity index (χ1n) is 4.51. The second-order valence-electron chi connectivity index (χ2n) is 2.98. The van der Waals surface area contributed by atoms with Crippen LogP contribution in [0.1, 0.15) is 5.56 Å². The average molecular weight is 222 g/mol. The molecule has 0 aromatic heterocycles. The van der Waals surface area contributed by atoms with Gasteiger partial charge in [-0.3, -0.25) is 4.79 Å². The van der Waals surface area contributed by atoms with Crippen molar-refractivity contribution in [2.45, 2.75) is 0 Å². The quantitative estimate of drug-likeness (QED) is 0.368. The largest absolute Gasteiger partial charge is 0.399 e. The van der Waals surface area contributed by atoms with Gasteiger partial charge in [-0.1, -0.05) is 30.4 Å². The maximum absolute atomic E-state index is 10.8. The number of anilines is 1. The Morgan fingerprint density at radius 1 is 1.27 bits per heavy atom. The maximum Gasteiger partial charge on any atom is 0.170 e. The zero-order valence-corrected chi connectivity index (χ0v) is 8.95. The molecule has 3 heteroatoms. The minimum absolute atomic E-state index is 0.0201. The second kappa shape index (κ2) is 6.04. The SMILES string of the molecule is Nc1ccc(C=CC=CC(=O)CCl)cc1. The zero-order valence-electron chi connectivity index (χ0n) is 8.19. The molecule has 1 aromatic carbocycles. The van der Waals surface area contributed by atoms with Gasteiger partial charge in [0.25, 0.3) is 0 Å². The summed E-state index contributed by atoms with van der Waals surface area (Å²) < 4.78 is 0. The molecule has 0 fully saturated rings. The van der Waals surface area contributed by atoms with Crippen molar-refractivity contribution in [1.82, 2.24) is 0 Å². The standard InChI is InChI=1S/C12H12ClNO/c13-9-12(15)4-2-1-3-10-5-7-11(14)8-6-10/h1-8H,9,14H2. The number of ketones is 1. The molecule has 2 N–H and O–H groups in total. The Balaban J connectivity index is 2.55. The van der Waals surface area contributed by atoms with Crippen molar-refractivity contribution in [3.05, 3.63) is 48.1 Å². The molecule has 78 valence electrons. The van der Waals surface area contributed by atoms with E-state index in [-0.39, 0.29) is 11.7 Å². The van der Waals surface area contributed by atoms with Gasteiger partial charge in [0.15, 0.2) is 5.78 Å². The molecule has 0 saturated carbocycles. The number of alkyl halides is 1. The van der Waals surface area contributed by atoms with E-state index < -0.39 is 0 Å². The van der Waals surface area contributed by atoms with Crippen LogP contribution in [0.15, 0.2) is 42.5 Å². The van der Waals surface area contributed by atoms with Crippen LogP contribution in [-0.4, -0.2) is 11.7 Å². The summed E-state index contributed by atoms with van der Waals surface area (Å²) in [6.45, 7) is 0. The van der Waals surface area contributed by atoms with Crippen LogP contribution >= 0.6 is 11.6 Å². The van der Waals surface area contributed by atoms with Crippen LogP contribution in [0, 0.1) is 0 Å². The van der Waals surface area contributed by atoms with E-state index in [0.717, 1.165) is 11.3 Å². The number of carbonyl (C=O) groups excluding carboxylic acids is 1. The molecule has 0 aliphatic rings. The molecule has 0 heterocycles. The summed E-state index contributed by atoms with van der Waals surface area (Å²) in [6.07, 6.45) is 6.79. The van der Waals surface area contributed by atoms with Crippen molar-refractivity contribution in [1.29, 1.82) is 0 Å². The third kappa shape index (κ3) is 4.47. The third-order valence-electron chi connectivity index (χ3n) is 1.75. The number of halogens is 1. The number of hydrogen-bond donors (Lipinski definition) is 1. The molecule has 0 aliphatic heterocycles. The molecule has 15 heavy (non-hydrogen) atoms. The number of hydrogen-bond acceptors (Lipinski definition) is 2. The number of allylic oxidation sites excluding steroid dienone is 3. The smallest absolute Gasteiger partial charge is 0.170 e. The van der Waals surface area contributed by atoms with E-state index in [0.29, 0.717) is 0 Å². The summed E-state index contributed by atoms with van der Waals surface area (Å²) in [4.78, 5) is 10.8. The predicted octanol–water partition coefficient (Wildman–Crippen LogP) is 2.65. The van der Waals surface area contributed by atoms with Crippen LogP contribution in [0.3, 0.4) is 0 Å². The van der Waals surface area contributed by atoms with Crippen LogP contribution in [0.4, 0.5) is 5.69 Å². The molecule has 1 rings (SSSR count). The molecule has 0 saturated heterocycles. The van der Waals surface area contributed by atoms with Crippen molar-refractivity contribution >= 4 is 29.1 Å². The summed E-state index contributed by atoms with van der Waals surface area (Å²) in [7, 11) is 0. The van der Waals surface area contributed by atoms with E-state index in [1.807, 2.05) is 30.3 Å². The highest BCUT2D eigenvalue weighted by Crippen LogP contribution is 2.06. The lowest BCUT2D eigenvalue weighted by molar-refractivity contribution is -0.112. The van der Waals surface area contributed by atoms with Gasteiger partial charge in [0, 0.05) is 5.69 Å². The van der Waals surface area contributed by atoms with E-state index in [1.165, 1.54) is 6.08 Å². The summed E-state index contributed by atoms with van der Waals surface area (Å²) in [5.74, 6) is -0.0784. The molecule has 0 amide bonds. The van der Waals surface area contributed by atoms with E-state index in [9.17, 15) is 4.79 Å². The highest BCUT2D eigenvalue weighted by Gasteiger charge is 1.88. The van der Waals surface area contributed by atoms with Crippen LogP contribution in [0.2, 0.25) is 0 Å². The first kappa shape index (κ1) is 11.5. The van der Waals surface area contributed by atoms with Crippen molar-refractivity contribution < 1.29 is 4.79 Å². The monoisotopic (exact) mass is 221 g/mol. The number of benzene rings is 1. The average Bonchev–Trinajstić information content (AvgIpc) is 2.26. The molecular formula is C12H12ClNO. The maximum atomic E-state index is 10.8. The molecule has 0 radical (unpaired) electrons. The second-order valence-corrected chi connectivity index (χ2v) is 3.25. The normalized spacial score (nSPS) is 11.3. The Labute approximate surface area is 94.0 Å². The lowest BCUT2D eigenvalue weighted by Gasteiger charge is -1.93. The van der Waals surface area contributed by atoms with Gasteiger partial charge in [0.05, 0.1) is 5.88 Å². The van der Waals surface area contributed by atoms with Gasteiger partial charge in [0.2, 0.25) is 0 Å². The van der Waals surface area contributed by atoms with Gasteiger partial charge in [0.1, 0.15) is 0 Å².